The Balaban J connectivity index is 2.08. The van der Waals surface area contributed by atoms with Gasteiger partial charge in [0.15, 0.2) is 0 Å². The zero-order valence-corrected chi connectivity index (χ0v) is 10.2. The minimum absolute atomic E-state index is 0.0507. The highest BCUT2D eigenvalue weighted by Crippen LogP contribution is 2.24. The van der Waals surface area contributed by atoms with Crippen molar-refractivity contribution in [1.29, 1.82) is 0 Å². The minimum Gasteiger partial charge on any atom is -0.389 e. The topological polar surface area (TPSA) is 86.8 Å². The molecule has 2 unspecified atom stereocenters. The third-order valence-corrected chi connectivity index (χ3v) is 3.33. The molecular weight excluding hydrogens is 260 g/mol. The summed E-state index contributed by atoms with van der Waals surface area (Å²) < 4.78 is 0. The Morgan fingerprint density at radius 1 is 1.39 bits per heavy atom. The molecule has 0 aliphatic carbocycles. The van der Waals surface area contributed by atoms with Gasteiger partial charge in [0.2, 0.25) is 0 Å². The van der Waals surface area contributed by atoms with E-state index in [-0.39, 0.29) is 5.69 Å². The fourth-order valence-electron chi connectivity index (χ4n) is 1.99. The largest absolute Gasteiger partial charge is 0.389 e. The van der Waals surface area contributed by atoms with Gasteiger partial charge in [-0.05, 0) is 11.6 Å². The monoisotopic (exact) mass is 272 g/mol. The lowest BCUT2D eigenvalue weighted by Crippen LogP contribution is -2.22. The van der Waals surface area contributed by atoms with Crippen LogP contribution in [0.2, 0.25) is 5.02 Å². The van der Waals surface area contributed by atoms with Crippen molar-refractivity contribution in [2.75, 3.05) is 13.1 Å². The number of nitrogens with zero attached hydrogens (tertiary/aromatic N) is 2. The lowest BCUT2D eigenvalue weighted by Gasteiger charge is -2.15. The molecule has 0 spiro atoms. The molecule has 6 nitrogen and oxygen atoms in total. The predicted molar refractivity (Wildman–Crippen MR) is 65.4 cm³/mol. The van der Waals surface area contributed by atoms with Crippen LogP contribution in [-0.4, -0.2) is 45.3 Å². The van der Waals surface area contributed by atoms with E-state index in [4.69, 9.17) is 11.6 Å². The summed E-state index contributed by atoms with van der Waals surface area (Å²) in [6.07, 6.45) is -1.50. The van der Waals surface area contributed by atoms with Gasteiger partial charge in [-0.3, -0.25) is 15.0 Å². The van der Waals surface area contributed by atoms with E-state index in [1.54, 1.807) is 6.07 Å². The molecule has 2 rings (SSSR count). The SMILES string of the molecule is O=[N+]([O-])c1ccc(CN2CC(O)C(O)C2)c(Cl)c1. The standard InChI is InChI=1S/C11H13ClN2O4/c12-9-3-8(14(17)18)2-1-7(9)4-13-5-10(15)11(16)6-13/h1-3,10-11,15-16H,4-6H2. The van der Waals surface area contributed by atoms with E-state index in [1.807, 2.05) is 4.90 Å². The number of aliphatic hydroxyl groups is 2. The van der Waals surface area contributed by atoms with Crippen LogP contribution in [0.4, 0.5) is 5.69 Å². The van der Waals surface area contributed by atoms with Crippen molar-refractivity contribution in [2.45, 2.75) is 18.8 Å². The van der Waals surface area contributed by atoms with Crippen molar-refractivity contribution < 1.29 is 15.1 Å². The third kappa shape index (κ3) is 2.78. The summed E-state index contributed by atoms with van der Waals surface area (Å²) in [4.78, 5) is 11.9. The molecule has 2 atom stereocenters. The number of hydrogen-bond acceptors (Lipinski definition) is 5. The van der Waals surface area contributed by atoms with Crippen LogP contribution >= 0.6 is 11.6 Å². The van der Waals surface area contributed by atoms with Crippen LogP contribution in [-0.2, 0) is 6.54 Å². The summed E-state index contributed by atoms with van der Waals surface area (Å²) in [5.74, 6) is 0. The molecule has 0 saturated carbocycles. The molecule has 1 aromatic carbocycles. The number of non-ortho nitro benzene ring substituents is 1. The van der Waals surface area contributed by atoms with Crippen LogP contribution in [0.15, 0.2) is 18.2 Å². The second-order valence-electron chi connectivity index (χ2n) is 4.36. The number of likely N-dealkylation sites (tertiary alicyclic amines) is 1. The van der Waals surface area contributed by atoms with Crippen molar-refractivity contribution in [2.24, 2.45) is 0 Å². The zero-order chi connectivity index (χ0) is 13.3. The van der Waals surface area contributed by atoms with Gasteiger partial charge in [0.25, 0.3) is 5.69 Å². The molecule has 0 radical (unpaired) electrons. The Bertz CT molecular complexity index is 458. The Morgan fingerprint density at radius 3 is 2.50 bits per heavy atom. The normalized spacial score (nSPS) is 24.4. The van der Waals surface area contributed by atoms with E-state index in [2.05, 4.69) is 0 Å². The van der Waals surface area contributed by atoms with Crippen LogP contribution in [0.3, 0.4) is 0 Å². The van der Waals surface area contributed by atoms with E-state index in [0.717, 1.165) is 5.56 Å². The quantitative estimate of drug-likeness (QED) is 0.627. The molecule has 1 saturated heterocycles. The van der Waals surface area contributed by atoms with Crippen LogP contribution in [0.25, 0.3) is 0 Å². The van der Waals surface area contributed by atoms with E-state index in [9.17, 15) is 20.3 Å². The summed E-state index contributed by atoms with van der Waals surface area (Å²) >= 11 is 5.97. The molecule has 1 heterocycles. The number of benzene rings is 1. The molecule has 2 N–H and O–H groups in total. The molecule has 98 valence electrons. The van der Waals surface area contributed by atoms with Crippen LogP contribution in [0, 0.1) is 10.1 Å². The summed E-state index contributed by atoms with van der Waals surface area (Å²) in [5.41, 5.74) is 0.689. The van der Waals surface area contributed by atoms with Crippen molar-refractivity contribution >= 4 is 17.3 Å². The van der Waals surface area contributed by atoms with Gasteiger partial charge in [-0.15, -0.1) is 0 Å². The van der Waals surface area contributed by atoms with E-state index in [1.165, 1.54) is 12.1 Å². The number of rotatable bonds is 3. The van der Waals surface area contributed by atoms with Gasteiger partial charge in [-0.25, -0.2) is 0 Å². The maximum Gasteiger partial charge on any atom is 0.270 e. The molecule has 1 aliphatic heterocycles. The number of nitro benzene ring substituents is 1. The lowest BCUT2D eigenvalue weighted by atomic mass is 10.2. The number of aliphatic hydroxyl groups excluding tert-OH is 2. The molecule has 1 aromatic rings. The van der Waals surface area contributed by atoms with E-state index >= 15 is 0 Å². The Kier molecular flexibility index (Phi) is 3.82. The fourth-order valence-corrected chi connectivity index (χ4v) is 2.23. The molecule has 0 amide bonds. The maximum atomic E-state index is 10.6. The van der Waals surface area contributed by atoms with Gasteiger partial charge in [0.1, 0.15) is 0 Å². The lowest BCUT2D eigenvalue weighted by molar-refractivity contribution is -0.384. The molecule has 0 aromatic heterocycles. The molecule has 0 bridgehead atoms. The molecular formula is C11H13ClN2O4. The average Bonchev–Trinajstić information content (AvgIpc) is 2.61. The summed E-state index contributed by atoms with van der Waals surface area (Å²) in [6.45, 7) is 1.19. The number of halogens is 1. The van der Waals surface area contributed by atoms with Gasteiger partial charge in [0, 0.05) is 31.8 Å². The van der Waals surface area contributed by atoms with E-state index in [0.29, 0.717) is 24.7 Å². The average molecular weight is 273 g/mol. The van der Waals surface area contributed by atoms with Gasteiger partial charge < -0.3 is 10.2 Å². The van der Waals surface area contributed by atoms with Gasteiger partial charge in [-0.1, -0.05) is 11.6 Å². The van der Waals surface area contributed by atoms with Crippen LogP contribution < -0.4 is 0 Å². The van der Waals surface area contributed by atoms with Gasteiger partial charge in [-0.2, -0.15) is 0 Å². The molecule has 7 heteroatoms. The van der Waals surface area contributed by atoms with Crippen molar-refractivity contribution in [3.8, 4) is 0 Å². The highest BCUT2D eigenvalue weighted by Gasteiger charge is 2.29. The smallest absolute Gasteiger partial charge is 0.270 e. The first-order valence-corrected chi connectivity index (χ1v) is 5.86. The first-order chi connectivity index (χ1) is 8.47. The second kappa shape index (κ2) is 5.19. The summed E-state index contributed by atoms with van der Waals surface area (Å²) in [5, 5.41) is 29.7. The number of nitro groups is 1. The number of hydrogen-bond donors (Lipinski definition) is 2. The maximum absolute atomic E-state index is 10.6. The second-order valence-corrected chi connectivity index (χ2v) is 4.77. The molecule has 1 fully saturated rings. The summed E-state index contributed by atoms with van der Waals surface area (Å²) in [7, 11) is 0. The van der Waals surface area contributed by atoms with Gasteiger partial charge in [0.05, 0.1) is 22.2 Å². The predicted octanol–water partition coefficient (Wildman–Crippen LogP) is 0.786. The molecule has 1 aliphatic rings. The first-order valence-electron chi connectivity index (χ1n) is 5.48. The zero-order valence-electron chi connectivity index (χ0n) is 9.49. The summed E-state index contributed by atoms with van der Waals surface area (Å²) in [6, 6.07) is 4.29. The first kappa shape index (κ1) is 13.2. The highest BCUT2D eigenvalue weighted by molar-refractivity contribution is 6.31. The third-order valence-electron chi connectivity index (χ3n) is 2.98. The van der Waals surface area contributed by atoms with E-state index < -0.39 is 17.1 Å². The van der Waals surface area contributed by atoms with Crippen LogP contribution in [0.5, 0.6) is 0 Å². The highest BCUT2D eigenvalue weighted by atomic mass is 35.5. The molecule has 18 heavy (non-hydrogen) atoms. The minimum atomic E-state index is -0.748. The Labute approximate surface area is 109 Å². The number of β-amino-alcohol motifs (C(OH)–C–C–N with tert-alkyl or cyclic N) is 2. The van der Waals surface area contributed by atoms with Crippen molar-refractivity contribution in [3.63, 3.8) is 0 Å². The Morgan fingerprint density at radius 2 is 2.00 bits per heavy atom. The van der Waals surface area contributed by atoms with Crippen molar-refractivity contribution in [3.05, 3.63) is 38.9 Å². The van der Waals surface area contributed by atoms with Crippen LogP contribution in [0.1, 0.15) is 5.56 Å². The fraction of sp³-hybridized carbons (Fsp3) is 0.455. The van der Waals surface area contributed by atoms with Gasteiger partial charge >= 0.3 is 0 Å². The van der Waals surface area contributed by atoms with Crippen molar-refractivity contribution in [1.82, 2.24) is 4.90 Å². The Hall–Kier alpha value is -1.21.